The molecule has 1 amide bonds. The van der Waals surface area contributed by atoms with Crippen LogP contribution < -0.4 is 4.90 Å². The van der Waals surface area contributed by atoms with Crippen molar-refractivity contribution in [2.45, 2.75) is 39.2 Å². The fraction of sp³-hybridized carbons (Fsp3) is 0.846. The number of carbonyl (C=O) groups is 1. The van der Waals surface area contributed by atoms with Crippen molar-refractivity contribution >= 4 is 16.1 Å². The maximum absolute atomic E-state index is 12.1. The molecule has 1 fully saturated rings. The SMILES string of the molecule is [CH2-][NH+]1CCCC(CN(C(=O)OC(C)(C)C)S(C)(=O)=O)C1. The second kappa shape index (κ2) is 6.30. The summed E-state index contributed by atoms with van der Waals surface area (Å²) < 4.78 is 29.7. The quantitative estimate of drug-likeness (QED) is 0.760. The van der Waals surface area contributed by atoms with E-state index in [4.69, 9.17) is 4.74 Å². The van der Waals surface area contributed by atoms with Crippen LogP contribution in [0, 0.1) is 13.0 Å². The van der Waals surface area contributed by atoms with E-state index in [-0.39, 0.29) is 12.5 Å². The molecule has 6 nitrogen and oxygen atoms in total. The average molecular weight is 306 g/mol. The molecule has 2 unspecified atom stereocenters. The number of hydrogen-bond donors (Lipinski definition) is 1. The molecule has 0 saturated carbocycles. The maximum Gasteiger partial charge on any atom is 0.424 e. The van der Waals surface area contributed by atoms with Crippen molar-refractivity contribution in [3.63, 3.8) is 0 Å². The second-order valence-electron chi connectivity index (χ2n) is 6.49. The van der Waals surface area contributed by atoms with Gasteiger partial charge in [0, 0.05) is 12.5 Å². The number of quaternary nitrogens is 1. The zero-order valence-corrected chi connectivity index (χ0v) is 13.6. The van der Waals surface area contributed by atoms with E-state index in [1.807, 2.05) is 0 Å². The molecule has 7 heteroatoms. The molecule has 0 radical (unpaired) electrons. The molecule has 0 aliphatic carbocycles. The fourth-order valence-electron chi connectivity index (χ4n) is 2.30. The first kappa shape index (κ1) is 17.2. The highest BCUT2D eigenvalue weighted by Crippen LogP contribution is 2.16. The van der Waals surface area contributed by atoms with E-state index in [0.717, 1.165) is 41.4 Å². The van der Waals surface area contributed by atoms with Crippen LogP contribution >= 0.6 is 0 Å². The molecule has 20 heavy (non-hydrogen) atoms. The summed E-state index contributed by atoms with van der Waals surface area (Å²) in [6, 6.07) is 0. The summed E-state index contributed by atoms with van der Waals surface area (Å²) in [6.07, 6.45) is 2.15. The van der Waals surface area contributed by atoms with Gasteiger partial charge in [-0.3, -0.25) is 0 Å². The van der Waals surface area contributed by atoms with Gasteiger partial charge in [0.1, 0.15) is 5.60 Å². The van der Waals surface area contributed by atoms with Crippen molar-refractivity contribution < 1.29 is 22.8 Å². The van der Waals surface area contributed by atoms with Gasteiger partial charge in [0.15, 0.2) is 0 Å². The summed E-state index contributed by atoms with van der Waals surface area (Å²) in [5, 5.41) is 0. The van der Waals surface area contributed by atoms with Crippen LogP contribution in [0.2, 0.25) is 0 Å². The standard InChI is InChI=1S/C13H26N2O4S/c1-13(2,3)19-12(16)15(20(5,17)18)10-11-7-6-8-14(4)9-11/h11,14H,4,6-10H2,1-3,5H3. The summed E-state index contributed by atoms with van der Waals surface area (Å²) in [5.41, 5.74) is -0.712. The van der Waals surface area contributed by atoms with Gasteiger partial charge in [0.25, 0.3) is 0 Å². The molecule has 2 atom stereocenters. The lowest BCUT2D eigenvalue weighted by molar-refractivity contribution is -0.863. The van der Waals surface area contributed by atoms with E-state index < -0.39 is 21.7 Å². The molecular formula is C13H26N2O4S. The van der Waals surface area contributed by atoms with E-state index in [2.05, 4.69) is 7.05 Å². The average Bonchev–Trinajstić information content (AvgIpc) is 2.21. The van der Waals surface area contributed by atoms with Crippen LogP contribution in [-0.2, 0) is 14.8 Å². The number of carbonyl (C=O) groups excluding carboxylic acids is 1. The molecule has 1 aliphatic heterocycles. The van der Waals surface area contributed by atoms with Gasteiger partial charge in [-0.25, -0.2) is 17.5 Å². The highest BCUT2D eigenvalue weighted by Gasteiger charge is 2.32. The Balaban J connectivity index is 2.78. The zero-order valence-electron chi connectivity index (χ0n) is 12.8. The molecule has 0 aromatic carbocycles. The van der Waals surface area contributed by atoms with Crippen LogP contribution in [0.15, 0.2) is 0 Å². The molecule has 0 spiro atoms. The number of sulfonamides is 1. The van der Waals surface area contributed by atoms with Crippen molar-refractivity contribution in [2.24, 2.45) is 5.92 Å². The summed E-state index contributed by atoms with van der Waals surface area (Å²) in [7, 11) is 0.330. The van der Waals surface area contributed by atoms with Crippen LogP contribution in [0.25, 0.3) is 0 Å². The minimum atomic E-state index is -3.62. The Labute approximate surface area is 122 Å². The van der Waals surface area contributed by atoms with Crippen LogP contribution in [0.1, 0.15) is 33.6 Å². The van der Waals surface area contributed by atoms with Gasteiger partial charge >= 0.3 is 6.09 Å². The van der Waals surface area contributed by atoms with Gasteiger partial charge in [-0.2, -0.15) is 7.05 Å². The number of rotatable bonds is 3. The topological polar surface area (TPSA) is 68.1 Å². The lowest BCUT2D eigenvalue weighted by atomic mass is 9.99. The predicted octanol–water partition coefficient (Wildman–Crippen LogP) is 0.270. The van der Waals surface area contributed by atoms with Crippen LogP contribution in [0.4, 0.5) is 4.79 Å². The van der Waals surface area contributed by atoms with Gasteiger partial charge < -0.3 is 9.64 Å². The first-order valence-corrected chi connectivity index (χ1v) is 8.71. The smallest absolute Gasteiger partial charge is 0.424 e. The van der Waals surface area contributed by atoms with Gasteiger partial charge in [-0.1, -0.05) is 0 Å². The minimum Gasteiger partial charge on any atom is -0.468 e. The molecule has 118 valence electrons. The zero-order chi connectivity index (χ0) is 15.6. The largest absolute Gasteiger partial charge is 0.468 e. The summed E-state index contributed by atoms with van der Waals surface area (Å²) in [5.74, 6) is 0.137. The van der Waals surface area contributed by atoms with Crippen LogP contribution in [0.5, 0.6) is 0 Å². The minimum absolute atomic E-state index is 0.137. The molecular weight excluding hydrogens is 280 g/mol. The monoisotopic (exact) mass is 306 g/mol. The number of piperidine rings is 1. The number of nitrogens with zero attached hydrogens (tertiary/aromatic N) is 1. The van der Waals surface area contributed by atoms with Crippen molar-refractivity contribution in [1.82, 2.24) is 4.31 Å². The van der Waals surface area contributed by atoms with Gasteiger partial charge in [0.05, 0.1) is 19.3 Å². The second-order valence-corrected chi connectivity index (χ2v) is 8.39. The predicted molar refractivity (Wildman–Crippen MR) is 76.6 cm³/mol. The number of likely N-dealkylation sites (tertiary alicyclic amines) is 1. The molecule has 0 aromatic rings. The Morgan fingerprint density at radius 1 is 1.45 bits per heavy atom. The summed E-state index contributed by atoms with van der Waals surface area (Å²) >= 11 is 0. The van der Waals surface area contributed by atoms with E-state index in [9.17, 15) is 13.2 Å². The Morgan fingerprint density at radius 2 is 2.05 bits per heavy atom. The first-order valence-electron chi connectivity index (χ1n) is 6.86. The molecule has 1 N–H and O–H groups in total. The third-order valence-corrected chi connectivity index (χ3v) is 4.24. The third kappa shape index (κ3) is 5.66. The van der Waals surface area contributed by atoms with Crippen molar-refractivity contribution in [3.8, 4) is 0 Å². The van der Waals surface area contributed by atoms with E-state index in [0.29, 0.717) is 0 Å². The fourth-order valence-corrected chi connectivity index (χ4v) is 3.09. The van der Waals surface area contributed by atoms with Crippen molar-refractivity contribution in [3.05, 3.63) is 7.05 Å². The normalized spacial score (nSPS) is 24.2. The molecule has 1 saturated heterocycles. The van der Waals surface area contributed by atoms with Crippen molar-refractivity contribution in [2.75, 3.05) is 25.9 Å². The molecule has 0 aromatic heterocycles. The first-order chi connectivity index (χ1) is 8.99. The number of ether oxygens (including phenoxy) is 1. The van der Waals surface area contributed by atoms with Crippen molar-refractivity contribution in [1.29, 1.82) is 0 Å². The van der Waals surface area contributed by atoms with Crippen LogP contribution in [-0.4, -0.2) is 50.3 Å². The highest BCUT2D eigenvalue weighted by atomic mass is 32.2. The van der Waals surface area contributed by atoms with E-state index in [1.165, 1.54) is 0 Å². The van der Waals surface area contributed by atoms with Crippen LogP contribution in [0.3, 0.4) is 0 Å². The van der Waals surface area contributed by atoms with E-state index in [1.54, 1.807) is 20.8 Å². The van der Waals surface area contributed by atoms with Gasteiger partial charge in [-0.05, 0) is 33.6 Å². The number of nitrogens with one attached hydrogen (secondary N) is 1. The Bertz CT molecular complexity index is 442. The Hall–Kier alpha value is -0.820. The van der Waals surface area contributed by atoms with Gasteiger partial charge in [0.2, 0.25) is 10.0 Å². The summed E-state index contributed by atoms with van der Waals surface area (Å²) in [6.45, 7) is 7.08. The third-order valence-electron chi connectivity index (χ3n) is 3.14. The summed E-state index contributed by atoms with van der Waals surface area (Å²) in [4.78, 5) is 13.2. The molecule has 1 heterocycles. The lowest BCUT2D eigenvalue weighted by Crippen LogP contribution is -3.08. The van der Waals surface area contributed by atoms with E-state index >= 15 is 0 Å². The highest BCUT2D eigenvalue weighted by molar-refractivity contribution is 7.88. The molecule has 1 rings (SSSR count). The maximum atomic E-state index is 12.1. The Morgan fingerprint density at radius 3 is 2.50 bits per heavy atom. The van der Waals surface area contributed by atoms with Gasteiger partial charge in [-0.15, -0.1) is 0 Å². The number of hydrogen-bond acceptors (Lipinski definition) is 4. The number of amides is 1. The lowest BCUT2D eigenvalue weighted by Gasteiger charge is -2.34. The molecule has 0 bridgehead atoms. The molecule has 1 aliphatic rings. The Kier molecular flexibility index (Phi) is 5.43.